The molecule has 0 unspecified atom stereocenters. The van der Waals surface area contributed by atoms with Crippen LogP contribution in [0.5, 0.6) is 0 Å². The van der Waals surface area contributed by atoms with E-state index in [9.17, 15) is 14.9 Å². The van der Waals surface area contributed by atoms with E-state index in [0.29, 0.717) is 17.7 Å². The van der Waals surface area contributed by atoms with Gasteiger partial charge in [-0.25, -0.2) is 0 Å². The minimum absolute atomic E-state index is 0.0157. The fourth-order valence-corrected chi connectivity index (χ4v) is 1.95. The van der Waals surface area contributed by atoms with Gasteiger partial charge in [-0.2, -0.15) is 0 Å². The molecule has 0 aliphatic heterocycles. The van der Waals surface area contributed by atoms with Crippen molar-refractivity contribution in [2.45, 2.75) is 39.2 Å². The van der Waals surface area contributed by atoms with Gasteiger partial charge in [-0.15, -0.1) is 0 Å². The molecule has 0 saturated heterocycles. The molecule has 1 aromatic rings. The minimum Gasteiger partial charge on any atom is -0.324 e. The third kappa shape index (κ3) is 4.18. The molecule has 6 nitrogen and oxygen atoms in total. The predicted octanol–water partition coefficient (Wildman–Crippen LogP) is 3.01. The molecule has 1 atom stereocenters. The van der Waals surface area contributed by atoms with Gasteiger partial charge >= 0.3 is 0 Å². The molecule has 1 rings (SSSR count). The second kappa shape index (κ2) is 7.21. The first-order valence-electron chi connectivity index (χ1n) is 6.37. The number of nitro benzene ring substituents is 1. The average Bonchev–Trinajstić information content (AvgIpc) is 2.39. The first-order valence-corrected chi connectivity index (χ1v) is 6.75. The standard InChI is InChI=1S/C13H18ClN3O3/c1-3-4-5-10(15)13(18)16-11-7-9(14)12(17(19)20)6-8(11)2/h6-7,10H,3-5,15H2,1-2H3,(H,16,18)/t10-/m0/s1. The highest BCUT2D eigenvalue weighted by Crippen LogP contribution is 2.30. The largest absolute Gasteiger partial charge is 0.324 e. The summed E-state index contributed by atoms with van der Waals surface area (Å²) in [5.74, 6) is -0.313. The lowest BCUT2D eigenvalue weighted by molar-refractivity contribution is -0.384. The number of halogens is 1. The highest BCUT2D eigenvalue weighted by Gasteiger charge is 2.18. The molecule has 0 spiro atoms. The van der Waals surface area contributed by atoms with Crippen LogP contribution >= 0.6 is 11.6 Å². The molecule has 7 heteroatoms. The normalized spacial score (nSPS) is 12.0. The Morgan fingerprint density at radius 1 is 1.55 bits per heavy atom. The van der Waals surface area contributed by atoms with Crippen LogP contribution in [-0.4, -0.2) is 16.9 Å². The zero-order chi connectivity index (χ0) is 15.3. The number of aryl methyl sites for hydroxylation is 1. The fourth-order valence-electron chi connectivity index (χ4n) is 1.72. The van der Waals surface area contributed by atoms with Gasteiger partial charge < -0.3 is 11.1 Å². The number of hydrogen-bond donors (Lipinski definition) is 2. The fraction of sp³-hybridized carbons (Fsp3) is 0.462. The van der Waals surface area contributed by atoms with E-state index in [4.69, 9.17) is 17.3 Å². The minimum atomic E-state index is -0.594. The lowest BCUT2D eigenvalue weighted by Crippen LogP contribution is -2.35. The average molecular weight is 300 g/mol. The van der Waals surface area contributed by atoms with E-state index >= 15 is 0 Å². The molecule has 0 saturated carbocycles. The first-order chi connectivity index (χ1) is 9.36. The molecular weight excluding hydrogens is 282 g/mol. The number of benzene rings is 1. The van der Waals surface area contributed by atoms with Gasteiger partial charge in [-0.1, -0.05) is 31.4 Å². The molecule has 0 aliphatic rings. The van der Waals surface area contributed by atoms with Crippen LogP contribution in [0.1, 0.15) is 31.7 Å². The molecule has 0 heterocycles. The van der Waals surface area contributed by atoms with Crippen molar-refractivity contribution in [3.05, 3.63) is 32.8 Å². The molecule has 0 radical (unpaired) electrons. The number of rotatable bonds is 6. The van der Waals surface area contributed by atoms with Crippen LogP contribution in [0.25, 0.3) is 0 Å². The maximum atomic E-state index is 11.9. The Bertz CT molecular complexity index is 520. The third-order valence-electron chi connectivity index (χ3n) is 2.95. The first kappa shape index (κ1) is 16.4. The van der Waals surface area contributed by atoms with E-state index in [-0.39, 0.29) is 16.6 Å². The van der Waals surface area contributed by atoms with Crippen molar-refractivity contribution in [1.29, 1.82) is 0 Å². The molecule has 20 heavy (non-hydrogen) atoms. The van der Waals surface area contributed by atoms with Crippen molar-refractivity contribution in [3.63, 3.8) is 0 Å². The van der Waals surface area contributed by atoms with E-state index in [1.165, 1.54) is 12.1 Å². The molecule has 0 aliphatic carbocycles. The van der Waals surface area contributed by atoms with Gasteiger partial charge in [0.05, 0.1) is 11.0 Å². The van der Waals surface area contributed by atoms with Crippen LogP contribution in [0.2, 0.25) is 5.02 Å². The second-order valence-corrected chi connectivity index (χ2v) is 5.02. The Labute approximate surface area is 122 Å². The van der Waals surface area contributed by atoms with Gasteiger partial charge in [0.15, 0.2) is 0 Å². The third-order valence-corrected chi connectivity index (χ3v) is 3.26. The zero-order valence-corrected chi connectivity index (χ0v) is 12.2. The molecule has 0 aromatic heterocycles. The number of nitrogens with one attached hydrogen (secondary N) is 1. The van der Waals surface area contributed by atoms with Crippen molar-refractivity contribution >= 4 is 28.9 Å². The summed E-state index contributed by atoms with van der Waals surface area (Å²) < 4.78 is 0. The summed E-state index contributed by atoms with van der Waals surface area (Å²) in [6.07, 6.45) is 2.43. The van der Waals surface area contributed by atoms with Gasteiger partial charge in [0.2, 0.25) is 5.91 Å². The Morgan fingerprint density at radius 3 is 2.75 bits per heavy atom. The Balaban J connectivity index is 2.85. The number of anilines is 1. The summed E-state index contributed by atoms with van der Waals surface area (Å²) in [6.45, 7) is 3.68. The predicted molar refractivity (Wildman–Crippen MR) is 79.0 cm³/mol. The summed E-state index contributed by atoms with van der Waals surface area (Å²) in [7, 11) is 0. The maximum absolute atomic E-state index is 11.9. The number of carbonyl (C=O) groups excluding carboxylic acids is 1. The number of unbranched alkanes of at least 4 members (excludes halogenated alkanes) is 1. The summed E-state index contributed by atoms with van der Waals surface area (Å²) in [6, 6.07) is 2.11. The number of carbonyl (C=O) groups is 1. The van der Waals surface area contributed by atoms with Crippen molar-refractivity contribution in [1.82, 2.24) is 0 Å². The van der Waals surface area contributed by atoms with E-state index in [2.05, 4.69) is 5.32 Å². The number of nitrogens with two attached hydrogens (primary N) is 1. The molecule has 110 valence electrons. The zero-order valence-electron chi connectivity index (χ0n) is 11.5. The summed E-state index contributed by atoms with van der Waals surface area (Å²) in [4.78, 5) is 22.1. The number of nitro groups is 1. The van der Waals surface area contributed by atoms with E-state index < -0.39 is 11.0 Å². The van der Waals surface area contributed by atoms with E-state index in [1.54, 1.807) is 6.92 Å². The smallest absolute Gasteiger partial charge is 0.288 e. The Morgan fingerprint density at radius 2 is 2.20 bits per heavy atom. The van der Waals surface area contributed by atoms with Crippen LogP contribution in [-0.2, 0) is 4.79 Å². The monoisotopic (exact) mass is 299 g/mol. The topological polar surface area (TPSA) is 98.3 Å². The van der Waals surface area contributed by atoms with Crippen LogP contribution in [0, 0.1) is 17.0 Å². The highest BCUT2D eigenvalue weighted by molar-refractivity contribution is 6.33. The van der Waals surface area contributed by atoms with Crippen molar-refractivity contribution in [2.24, 2.45) is 5.73 Å². The van der Waals surface area contributed by atoms with Gasteiger partial charge in [0.1, 0.15) is 5.02 Å². The Hall–Kier alpha value is -1.66. The summed E-state index contributed by atoms with van der Waals surface area (Å²) in [5, 5.41) is 13.4. The summed E-state index contributed by atoms with van der Waals surface area (Å²) in [5.41, 5.74) is 6.59. The van der Waals surface area contributed by atoms with Crippen LogP contribution < -0.4 is 11.1 Å². The van der Waals surface area contributed by atoms with Gasteiger partial charge in [0.25, 0.3) is 5.69 Å². The van der Waals surface area contributed by atoms with Crippen LogP contribution in [0.3, 0.4) is 0 Å². The molecule has 0 fully saturated rings. The quantitative estimate of drug-likeness (QED) is 0.623. The molecular formula is C13H18ClN3O3. The molecule has 3 N–H and O–H groups in total. The summed E-state index contributed by atoms with van der Waals surface area (Å²) >= 11 is 5.82. The van der Waals surface area contributed by atoms with E-state index in [0.717, 1.165) is 12.8 Å². The Kier molecular flexibility index (Phi) is 5.91. The SMILES string of the molecule is CCCC[C@H](N)C(=O)Nc1cc(Cl)c([N+](=O)[O-])cc1C. The van der Waals surface area contributed by atoms with Crippen molar-refractivity contribution < 1.29 is 9.72 Å². The highest BCUT2D eigenvalue weighted by atomic mass is 35.5. The number of amides is 1. The number of hydrogen-bond acceptors (Lipinski definition) is 4. The maximum Gasteiger partial charge on any atom is 0.288 e. The lowest BCUT2D eigenvalue weighted by atomic mass is 10.1. The van der Waals surface area contributed by atoms with Crippen LogP contribution in [0.4, 0.5) is 11.4 Å². The van der Waals surface area contributed by atoms with Gasteiger partial charge in [0, 0.05) is 11.8 Å². The molecule has 1 amide bonds. The van der Waals surface area contributed by atoms with Crippen LogP contribution in [0.15, 0.2) is 12.1 Å². The van der Waals surface area contributed by atoms with Crippen molar-refractivity contribution in [3.8, 4) is 0 Å². The lowest BCUT2D eigenvalue weighted by Gasteiger charge is -2.13. The van der Waals surface area contributed by atoms with E-state index in [1.807, 2.05) is 6.92 Å². The molecule has 0 bridgehead atoms. The second-order valence-electron chi connectivity index (χ2n) is 4.61. The van der Waals surface area contributed by atoms with Crippen molar-refractivity contribution in [2.75, 3.05) is 5.32 Å². The van der Waals surface area contributed by atoms with Gasteiger partial charge in [-0.3, -0.25) is 14.9 Å². The molecule has 1 aromatic carbocycles. The van der Waals surface area contributed by atoms with Gasteiger partial charge in [-0.05, 0) is 25.0 Å². The number of nitrogens with zero attached hydrogens (tertiary/aromatic N) is 1.